The molecule has 0 saturated carbocycles. The first-order chi connectivity index (χ1) is 8.15. The fraction of sp³-hybridized carbons (Fsp3) is 0.364. The maximum absolute atomic E-state index is 5.76. The summed E-state index contributed by atoms with van der Waals surface area (Å²) >= 11 is 0. The molecular weight excluding hydrogens is 218 g/mol. The van der Waals surface area contributed by atoms with E-state index in [4.69, 9.17) is 10.5 Å². The number of aryl methyl sites for hydroxylation is 1. The first kappa shape index (κ1) is 11.5. The molecule has 0 spiro atoms. The summed E-state index contributed by atoms with van der Waals surface area (Å²) < 4.78 is 5.52. The molecule has 6 nitrogen and oxygen atoms in total. The highest BCUT2D eigenvalue weighted by atomic mass is 16.5. The summed E-state index contributed by atoms with van der Waals surface area (Å²) in [4.78, 5) is 1.40. The smallest absolute Gasteiger partial charge is 0.212 e. The van der Waals surface area contributed by atoms with Crippen molar-refractivity contribution in [2.75, 3.05) is 0 Å². The summed E-state index contributed by atoms with van der Waals surface area (Å²) in [5.74, 6) is 1.32. The highest BCUT2D eigenvalue weighted by Crippen LogP contribution is 2.16. The van der Waals surface area contributed by atoms with E-state index in [1.165, 1.54) is 4.80 Å². The van der Waals surface area contributed by atoms with Gasteiger partial charge in [0.1, 0.15) is 5.75 Å². The first-order valence-electron chi connectivity index (χ1n) is 5.36. The van der Waals surface area contributed by atoms with Crippen molar-refractivity contribution in [2.45, 2.75) is 19.6 Å². The van der Waals surface area contributed by atoms with Crippen molar-refractivity contribution in [1.29, 1.82) is 0 Å². The van der Waals surface area contributed by atoms with Crippen molar-refractivity contribution < 1.29 is 4.74 Å². The van der Waals surface area contributed by atoms with E-state index in [1.807, 2.05) is 31.2 Å². The molecule has 2 rings (SSSR count). The molecule has 0 unspecified atom stereocenters. The summed E-state index contributed by atoms with van der Waals surface area (Å²) in [5.41, 5.74) is 6.84. The van der Waals surface area contributed by atoms with Crippen LogP contribution in [0.1, 0.15) is 24.4 Å². The average Bonchev–Trinajstić information content (AvgIpc) is 2.73. The average molecular weight is 233 g/mol. The number of nitrogens with zero attached hydrogens (tertiary/aromatic N) is 4. The van der Waals surface area contributed by atoms with Gasteiger partial charge in [-0.05, 0) is 29.8 Å². The van der Waals surface area contributed by atoms with Gasteiger partial charge in [0.05, 0.1) is 7.05 Å². The summed E-state index contributed by atoms with van der Waals surface area (Å²) in [6.07, 6.45) is 0. The molecule has 17 heavy (non-hydrogen) atoms. The van der Waals surface area contributed by atoms with Crippen molar-refractivity contribution in [2.24, 2.45) is 12.8 Å². The van der Waals surface area contributed by atoms with Crippen LogP contribution in [0.5, 0.6) is 5.75 Å². The molecule has 1 aromatic carbocycles. The minimum Gasteiger partial charge on any atom is -0.485 e. The third kappa shape index (κ3) is 3.01. The quantitative estimate of drug-likeness (QED) is 0.845. The Kier molecular flexibility index (Phi) is 3.34. The van der Waals surface area contributed by atoms with Crippen LogP contribution in [-0.2, 0) is 13.7 Å². The van der Waals surface area contributed by atoms with Crippen LogP contribution in [0.2, 0.25) is 0 Å². The molecule has 0 amide bonds. The minimum absolute atomic E-state index is 0.0331. The van der Waals surface area contributed by atoms with Crippen molar-refractivity contribution in [3.8, 4) is 5.75 Å². The maximum Gasteiger partial charge on any atom is 0.212 e. The zero-order valence-electron chi connectivity index (χ0n) is 9.87. The molecule has 0 fully saturated rings. The van der Waals surface area contributed by atoms with E-state index < -0.39 is 0 Å². The maximum atomic E-state index is 5.76. The van der Waals surface area contributed by atoms with Crippen molar-refractivity contribution in [1.82, 2.24) is 20.2 Å². The lowest BCUT2D eigenvalue weighted by Crippen LogP contribution is -2.04. The van der Waals surface area contributed by atoms with Crippen molar-refractivity contribution in [3.63, 3.8) is 0 Å². The van der Waals surface area contributed by atoms with E-state index in [0.29, 0.717) is 12.4 Å². The molecule has 6 heteroatoms. The Labute approximate surface area is 99.4 Å². The summed E-state index contributed by atoms with van der Waals surface area (Å²) in [6.45, 7) is 2.25. The number of ether oxygens (including phenoxy) is 1. The van der Waals surface area contributed by atoms with Crippen LogP contribution in [0.15, 0.2) is 24.3 Å². The van der Waals surface area contributed by atoms with Crippen molar-refractivity contribution in [3.05, 3.63) is 35.7 Å². The zero-order chi connectivity index (χ0) is 12.3. The van der Waals surface area contributed by atoms with Gasteiger partial charge < -0.3 is 10.5 Å². The van der Waals surface area contributed by atoms with Gasteiger partial charge in [-0.2, -0.15) is 4.80 Å². The molecule has 2 N–H and O–H groups in total. The van der Waals surface area contributed by atoms with E-state index in [1.54, 1.807) is 7.05 Å². The van der Waals surface area contributed by atoms with Crippen molar-refractivity contribution >= 4 is 0 Å². The molecule has 0 aliphatic heterocycles. The monoisotopic (exact) mass is 233 g/mol. The number of benzene rings is 1. The Morgan fingerprint density at radius 1 is 1.35 bits per heavy atom. The normalized spacial score (nSPS) is 12.4. The number of tetrazole rings is 1. The molecular formula is C11H15N5O. The molecule has 1 aromatic heterocycles. The third-order valence-electron chi connectivity index (χ3n) is 2.32. The predicted octanol–water partition coefficient (Wildman–Crippen LogP) is 0.809. The topological polar surface area (TPSA) is 78.9 Å². The standard InChI is InChI=1S/C11H15N5O/c1-8(12)9-3-5-10(6-4-9)17-7-11-13-15-16(2)14-11/h3-6,8H,7,12H2,1-2H3/t8-/m1/s1. The second-order valence-corrected chi connectivity index (χ2v) is 3.84. The lowest BCUT2D eigenvalue weighted by atomic mass is 10.1. The Morgan fingerprint density at radius 3 is 2.59 bits per heavy atom. The van der Waals surface area contributed by atoms with E-state index in [2.05, 4.69) is 15.4 Å². The van der Waals surface area contributed by atoms with Gasteiger partial charge in [0.25, 0.3) is 0 Å². The van der Waals surface area contributed by atoms with Crippen LogP contribution < -0.4 is 10.5 Å². The number of aromatic nitrogens is 4. The van der Waals surface area contributed by atoms with Gasteiger partial charge in [0.15, 0.2) is 6.61 Å². The molecule has 0 saturated heterocycles. The third-order valence-corrected chi connectivity index (χ3v) is 2.32. The van der Waals surface area contributed by atoms with Gasteiger partial charge in [0.2, 0.25) is 5.82 Å². The summed E-state index contributed by atoms with van der Waals surface area (Å²) in [5, 5.41) is 11.6. The number of hydrogen-bond donors (Lipinski definition) is 1. The summed E-state index contributed by atoms with van der Waals surface area (Å²) in [6, 6.07) is 7.70. The van der Waals surface area contributed by atoms with Crippen LogP contribution in [0, 0.1) is 0 Å². The van der Waals surface area contributed by atoms with Crippen LogP contribution in [0.25, 0.3) is 0 Å². The fourth-order valence-electron chi connectivity index (χ4n) is 1.40. The highest BCUT2D eigenvalue weighted by molar-refractivity contribution is 5.28. The largest absolute Gasteiger partial charge is 0.485 e. The molecule has 0 aliphatic rings. The van der Waals surface area contributed by atoms with Gasteiger partial charge in [-0.25, -0.2) is 0 Å². The molecule has 1 atom stereocenters. The van der Waals surface area contributed by atoms with E-state index >= 15 is 0 Å². The van der Waals surface area contributed by atoms with E-state index in [0.717, 1.165) is 11.3 Å². The van der Waals surface area contributed by atoms with E-state index in [-0.39, 0.29) is 6.04 Å². The number of nitrogens with two attached hydrogens (primary N) is 1. The molecule has 0 radical (unpaired) electrons. The van der Waals surface area contributed by atoms with Gasteiger partial charge in [-0.15, -0.1) is 10.2 Å². The molecule has 0 aliphatic carbocycles. The second-order valence-electron chi connectivity index (χ2n) is 3.84. The Hall–Kier alpha value is -1.95. The predicted molar refractivity (Wildman–Crippen MR) is 62.2 cm³/mol. The lowest BCUT2D eigenvalue weighted by molar-refractivity contribution is 0.295. The fourth-order valence-corrected chi connectivity index (χ4v) is 1.40. The van der Waals surface area contributed by atoms with Crippen LogP contribution >= 0.6 is 0 Å². The number of hydrogen-bond acceptors (Lipinski definition) is 5. The zero-order valence-corrected chi connectivity index (χ0v) is 9.87. The second kappa shape index (κ2) is 4.92. The highest BCUT2D eigenvalue weighted by Gasteiger charge is 2.03. The van der Waals surface area contributed by atoms with E-state index in [9.17, 15) is 0 Å². The van der Waals surface area contributed by atoms with Crippen LogP contribution in [0.3, 0.4) is 0 Å². The van der Waals surface area contributed by atoms with Crippen LogP contribution in [0.4, 0.5) is 0 Å². The molecule has 90 valence electrons. The minimum atomic E-state index is 0.0331. The lowest BCUT2D eigenvalue weighted by Gasteiger charge is -2.07. The Bertz CT molecular complexity index is 477. The first-order valence-corrected chi connectivity index (χ1v) is 5.36. The Balaban J connectivity index is 1.95. The van der Waals surface area contributed by atoms with Crippen LogP contribution in [-0.4, -0.2) is 20.2 Å². The van der Waals surface area contributed by atoms with Gasteiger partial charge in [-0.1, -0.05) is 12.1 Å². The SMILES string of the molecule is C[C@@H](N)c1ccc(OCc2nnn(C)n2)cc1. The summed E-state index contributed by atoms with van der Waals surface area (Å²) in [7, 11) is 1.72. The van der Waals surface area contributed by atoms with Gasteiger partial charge in [-0.3, -0.25) is 0 Å². The van der Waals surface area contributed by atoms with Gasteiger partial charge in [0, 0.05) is 6.04 Å². The molecule has 0 bridgehead atoms. The Morgan fingerprint density at radius 2 is 2.06 bits per heavy atom. The number of rotatable bonds is 4. The molecule has 1 heterocycles. The molecule has 2 aromatic rings. The van der Waals surface area contributed by atoms with Gasteiger partial charge >= 0.3 is 0 Å².